The molecule has 0 radical (unpaired) electrons. The zero-order valence-corrected chi connectivity index (χ0v) is 15.9. The SMILES string of the molecule is Cc1ccc(C2=C(Nc3ccccc3)C(=O)N(c3cccc(Cl)c3)C2=O)cc1. The molecule has 5 heteroatoms. The maximum absolute atomic E-state index is 13.3. The molecular weight excluding hydrogens is 372 g/mol. The summed E-state index contributed by atoms with van der Waals surface area (Å²) in [6, 6.07) is 23.6. The van der Waals surface area contributed by atoms with Crippen molar-refractivity contribution in [2.24, 2.45) is 0 Å². The number of benzene rings is 3. The van der Waals surface area contributed by atoms with Crippen LogP contribution < -0.4 is 10.2 Å². The summed E-state index contributed by atoms with van der Waals surface area (Å²) in [5.74, 6) is -0.791. The molecule has 0 saturated heterocycles. The summed E-state index contributed by atoms with van der Waals surface area (Å²) in [6.07, 6.45) is 0. The summed E-state index contributed by atoms with van der Waals surface area (Å²) in [4.78, 5) is 27.7. The van der Waals surface area contributed by atoms with Gasteiger partial charge in [0.25, 0.3) is 11.8 Å². The number of carbonyl (C=O) groups is 2. The van der Waals surface area contributed by atoms with Gasteiger partial charge in [0.2, 0.25) is 0 Å². The number of halogens is 1. The van der Waals surface area contributed by atoms with Gasteiger partial charge in [-0.3, -0.25) is 9.59 Å². The Morgan fingerprint density at radius 1 is 0.821 bits per heavy atom. The van der Waals surface area contributed by atoms with Gasteiger partial charge in [-0.2, -0.15) is 0 Å². The minimum absolute atomic E-state index is 0.250. The van der Waals surface area contributed by atoms with Crippen LogP contribution in [-0.2, 0) is 9.59 Å². The first-order valence-corrected chi connectivity index (χ1v) is 9.20. The highest BCUT2D eigenvalue weighted by Gasteiger charge is 2.40. The number of aryl methyl sites for hydroxylation is 1. The van der Waals surface area contributed by atoms with Gasteiger partial charge in [0, 0.05) is 10.7 Å². The standard InChI is InChI=1S/C23H17ClN2O2/c1-15-10-12-16(13-11-15)20-21(25-18-7-3-2-4-8-18)23(28)26(22(20)27)19-9-5-6-17(24)14-19/h2-14,25H,1H3. The van der Waals surface area contributed by atoms with E-state index in [1.54, 1.807) is 24.3 Å². The highest BCUT2D eigenvalue weighted by molar-refractivity contribution is 6.46. The van der Waals surface area contributed by atoms with Crippen LogP contribution in [-0.4, -0.2) is 11.8 Å². The number of nitrogens with zero attached hydrogens (tertiary/aromatic N) is 1. The first-order valence-electron chi connectivity index (χ1n) is 8.82. The third kappa shape index (κ3) is 3.30. The molecular formula is C23H17ClN2O2. The summed E-state index contributed by atoms with van der Waals surface area (Å²) in [6.45, 7) is 1.97. The molecule has 1 N–H and O–H groups in total. The molecule has 138 valence electrons. The number of amides is 2. The van der Waals surface area contributed by atoms with Crippen LogP contribution in [0.4, 0.5) is 11.4 Å². The lowest BCUT2D eigenvalue weighted by molar-refractivity contribution is -0.120. The van der Waals surface area contributed by atoms with Crippen molar-refractivity contribution in [3.63, 3.8) is 0 Å². The predicted molar refractivity (Wildman–Crippen MR) is 112 cm³/mol. The Labute approximate surface area is 168 Å². The van der Waals surface area contributed by atoms with Gasteiger partial charge in [0.1, 0.15) is 5.70 Å². The predicted octanol–water partition coefficient (Wildman–Crippen LogP) is 5.05. The lowest BCUT2D eigenvalue weighted by Crippen LogP contribution is -2.32. The third-order valence-electron chi connectivity index (χ3n) is 4.53. The van der Waals surface area contributed by atoms with E-state index in [0.29, 0.717) is 21.8 Å². The van der Waals surface area contributed by atoms with Crippen molar-refractivity contribution in [3.05, 3.63) is 101 Å². The van der Waals surface area contributed by atoms with Gasteiger partial charge in [0.15, 0.2) is 0 Å². The molecule has 4 rings (SSSR count). The molecule has 0 atom stereocenters. The molecule has 0 spiro atoms. The minimum atomic E-state index is -0.410. The van der Waals surface area contributed by atoms with Crippen molar-refractivity contribution in [3.8, 4) is 0 Å². The average molecular weight is 389 g/mol. The Morgan fingerprint density at radius 2 is 1.54 bits per heavy atom. The average Bonchev–Trinajstić information content (AvgIpc) is 2.93. The van der Waals surface area contributed by atoms with Gasteiger partial charge in [-0.1, -0.05) is 65.7 Å². The smallest absolute Gasteiger partial charge is 0.282 e. The van der Waals surface area contributed by atoms with Crippen LogP contribution in [0.3, 0.4) is 0 Å². The zero-order valence-electron chi connectivity index (χ0n) is 15.1. The van der Waals surface area contributed by atoms with Crippen LogP contribution in [0.5, 0.6) is 0 Å². The normalized spacial score (nSPS) is 14.0. The van der Waals surface area contributed by atoms with Crippen LogP contribution >= 0.6 is 11.6 Å². The van der Waals surface area contributed by atoms with Gasteiger partial charge in [0.05, 0.1) is 11.3 Å². The van der Waals surface area contributed by atoms with E-state index in [9.17, 15) is 9.59 Å². The lowest BCUT2D eigenvalue weighted by Gasteiger charge is -2.15. The molecule has 2 amide bonds. The molecule has 0 bridgehead atoms. The Balaban J connectivity index is 1.83. The van der Waals surface area contributed by atoms with Gasteiger partial charge in [-0.05, 0) is 42.8 Å². The second-order valence-corrected chi connectivity index (χ2v) is 6.97. The second-order valence-electron chi connectivity index (χ2n) is 6.53. The lowest BCUT2D eigenvalue weighted by atomic mass is 10.0. The van der Waals surface area contributed by atoms with E-state index in [4.69, 9.17) is 11.6 Å². The van der Waals surface area contributed by atoms with E-state index < -0.39 is 5.91 Å². The summed E-state index contributed by atoms with van der Waals surface area (Å²) in [5, 5.41) is 3.59. The van der Waals surface area contributed by atoms with E-state index in [1.807, 2.05) is 61.5 Å². The summed E-state index contributed by atoms with van der Waals surface area (Å²) < 4.78 is 0. The summed E-state index contributed by atoms with van der Waals surface area (Å²) in [7, 11) is 0. The van der Waals surface area contributed by atoms with Crippen LogP contribution in [0.1, 0.15) is 11.1 Å². The van der Waals surface area contributed by atoms with Crippen LogP contribution in [0.15, 0.2) is 84.6 Å². The molecule has 0 saturated carbocycles. The van der Waals surface area contributed by atoms with E-state index in [0.717, 1.165) is 16.2 Å². The zero-order chi connectivity index (χ0) is 19.7. The maximum Gasteiger partial charge on any atom is 0.282 e. The Bertz CT molecular complexity index is 1090. The molecule has 4 nitrogen and oxygen atoms in total. The minimum Gasteiger partial charge on any atom is -0.350 e. The highest BCUT2D eigenvalue weighted by atomic mass is 35.5. The Morgan fingerprint density at radius 3 is 2.21 bits per heavy atom. The number of nitrogens with one attached hydrogen (secondary N) is 1. The fraction of sp³-hybridized carbons (Fsp3) is 0.0435. The van der Waals surface area contributed by atoms with Gasteiger partial charge in [-0.25, -0.2) is 4.90 Å². The fourth-order valence-corrected chi connectivity index (χ4v) is 3.33. The number of rotatable bonds is 4. The molecule has 1 aliphatic rings. The number of carbonyl (C=O) groups excluding carboxylic acids is 2. The highest BCUT2D eigenvalue weighted by Crippen LogP contribution is 2.34. The number of anilines is 2. The van der Waals surface area contributed by atoms with E-state index in [2.05, 4.69) is 5.32 Å². The molecule has 1 aliphatic heterocycles. The molecule has 1 heterocycles. The molecule has 3 aromatic carbocycles. The molecule has 0 fully saturated rings. The van der Waals surface area contributed by atoms with Crippen LogP contribution in [0.25, 0.3) is 5.57 Å². The van der Waals surface area contributed by atoms with Crippen molar-refractivity contribution < 1.29 is 9.59 Å². The first-order chi connectivity index (χ1) is 13.5. The Kier molecular flexibility index (Phi) is 4.72. The van der Waals surface area contributed by atoms with Gasteiger partial charge in [-0.15, -0.1) is 0 Å². The quantitative estimate of drug-likeness (QED) is 0.636. The van der Waals surface area contributed by atoms with Gasteiger partial charge < -0.3 is 5.32 Å². The number of hydrogen-bond donors (Lipinski definition) is 1. The molecule has 3 aromatic rings. The van der Waals surface area contributed by atoms with E-state index in [1.165, 1.54) is 0 Å². The first kappa shape index (κ1) is 18.0. The Hall–Kier alpha value is -3.37. The molecule has 0 unspecified atom stereocenters. The molecule has 0 aliphatic carbocycles. The van der Waals surface area contributed by atoms with Crippen molar-refractivity contribution >= 4 is 40.4 Å². The van der Waals surface area contributed by atoms with Crippen molar-refractivity contribution in [2.45, 2.75) is 6.92 Å². The van der Waals surface area contributed by atoms with Gasteiger partial charge >= 0.3 is 0 Å². The van der Waals surface area contributed by atoms with E-state index >= 15 is 0 Å². The number of imide groups is 1. The van der Waals surface area contributed by atoms with Crippen molar-refractivity contribution in [2.75, 3.05) is 10.2 Å². The molecule has 0 aromatic heterocycles. The monoisotopic (exact) mass is 388 g/mol. The maximum atomic E-state index is 13.3. The van der Waals surface area contributed by atoms with E-state index in [-0.39, 0.29) is 11.6 Å². The third-order valence-corrected chi connectivity index (χ3v) is 4.77. The van der Waals surface area contributed by atoms with Crippen LogP contribution in [0.2, 0.25) is 5.02 Å². The van der Waals surface area contributed by atoms with Crippen molar-refractivity contribution in [1.82, 2.24) is 0 Å². The molecule has 28 heavy (non-hydrogen) atoms. The summed E-state index contributed by atoms with van der Waals surface area (Å²) in [5.41, 5.74) is 3.53. The number of para-hydroxylation sites is 1. The topological polar surface area (TPSA) is 49.4 Å². The number of hydrogen-bond acceptors (Lipinski definition) is 3. The summed E-state index contributed by atoms with van der Waals surface area (Å²) >= 11 is 6.08. The largest absolute Gasteiger partial charge is 0.350 e. The van der Waals surface area contributed by atoms with Crippen molar-refractivity contribution in [1.29, 1.82) is 0 Å². The fourth-order valence-electron chi connectivity index (χ4n) is 3.15. The van der Waals surface area contributed by atoms with Crippen LogP contribution in [0, 0.1) is 6.92 Å². The second kappa shape index (κ2) is 7.33.